The van der Waals surface area contributed by atoms with Crippen molar-refractivity contribution in [3.05, 3.63) is 94.5 Å². The lowest BCUT2D eigenvalue weighted by Gasteiger charge is -2.16. The maximum absolute atomic E-state index is 5.06. The van der Waals surface area contributed by atoms with E-state index in [4.69, 9.17) is 4.99 Å². The van der Waals surface area contributed by atoms with E-state index in [2.05, 4.69) is 106 Å². The molecule has 0 saturated heterocycles. The van der Waals surface area contributed by atoms with Gasteiger partial charge in [0.1, 0.15) is 0 Å². The van der Waals surface area contributed by atoms with Crippen LogP contribution in [0, 0.1) is 0 Å². The van der Waals surface area contributed by atoms with Crippen LogP contribution in [0.5, 0.6) is 0 Å². The molecule has 0 aromatic heterocycles. The van der Waals surface area contributed by atoms with E-state index < -0.39 is 0 Å². The molecule has 0 aliphatic carbocycles. The Morgan fingerprint density at radius 2 is 1.47 bits per heavy atom. The van der Waals surface area contributed by atoms with Crippen LogP contribution in [-0.2, 0) is 12.8 Å². The predicted octanol–water partition coefficient (Wildman–Crippen LogP) is 7.51. The van der Waals surface area contributed by atoms with E-state index in [9.17, 15) is 0 Å². The Bertz CT molecular complexity index is 959. The molecule has 0 spiro atoms. The maximum atomic E-state index is 5.06. The number of aliphatic imine (C=N–C) groups is 1. The second kappa shape index (κ2) is 10.2. The molecule has 0 radical (unpaired) electrons. The van der Waals surface area contributed by atoms with Gasteiger partial charge in [0.2, 0.25) is 0 Å². The number of benzene rings is 3. The zero-order valence-corrected chi connectivity index (χ0v) is 18.9. The first kappa shape index (κ1) is 21.8. The fraction of sp³-hybridized carbons (Fsp3) is 0.321. The lowest BCUT2D eigenvalue weighted by molar-refractivity contribution is 0.835. The summed E-state index contributed by atoms with van der Waals surface area (Å²) in [6.07, 6.45) is 4.09. The summed E-state index contributed by atoms with van der Waals surface area (Å²) in [5.74, 6) is 0.883. The Labute approximate surface area is 182 Å². The summed E-state index contributed by atoms with van der Waals surface area (Å²) in [4.78, 5) is 5.06. The van der Waals surface area contributed by atoms with Gasteiger partial charge in [-0.05, 0) is 64.6 Å². The van der Waals surface area contributed by atoms with Gasteiger partial charge in [-0.2, -0.15) is 0 Å². The molecule has 0 unspecified atom stereocenters. The summed E-state index contributed by atoms with van der Waals surface area (Å²) in [5.41, 5.74) is 8.75. The summed E-state index contributed by atoms with van der Waals surface area (Å²) in [5, 5.41) is 3.26. The zero-order valence-electron chi connectivity index (χ0n) is 18.9. The second-order valence-electron chi connectivity index (χ2n) is 8.50. The lowest BCUT2D eigenvalue weighted by Crippen LogP contribution is -2.00. The lowest BCUT2D eigenvalue weighted by atomic mass is 9.93. The monoisotopic (exact) mass is 398 g/mol. The first-order valence-corrected chi connectivity index (χ1v) is 11.0. The number of nitrogens with one attached hydrogen (secondary N) is 1. The van der Waals surface area contributed by atoms with Crippen LogP contribution in [-0.4, -0.2) is 13.3 Å². The molecule has 2 heteroatoms. The fourth-order valence-corrected chi connectivity index (χ4v) is 3.82. The van der Waals surface area contributed by atoms with E-state index in [1.165, 1.54) is 27.8 Å². The van der Waals surface area contributed by atoms with Gasteiger partial charge in [0, 0.05) is 18.9 Å². The van der Waals surface area contributed by atoms with Crippen molar-refractivity contribution in [2.75, 3.05) is 12.4 Å². The standard InChI is InChI=1S/C28H34N2/c1-20(2)26-12-9-13-27(21(3)4)28(26)30-19-24-18-25(29-5)17-16-23(24)15-14-22-10-7-6-8-11-22/h6-13,16-21,29H,14-15H2,1-5H3. The van der Waals surface area contributed by atoms with Gasteiger partial charge in [-0.3, -0.25) is 4.99 Å². The van der Waals surface area contributed by atoms with E-state index >= 15 is 0 Å². The molecule has 0 amide bonds. The van der Waals surface area contributed by atoms with Gasteiger partial charge in [-0.15, -0.1) is 0 Å². The van der Waals surface area contributed by atoms with Crippen molar-refractivity contribution >= 4 is 17.6 Å². The Morgan fingerprint density at radius 3 is 2.07 bits per heavy atom. The van der Waals surface area contributed by atoms with Crippen molar-refractivity contribution < 1.29 is 0 Å². The highest BCUT2D eigenvalue weighted by atomic mass is 14.8. The molecule has 0 fully saturated rings. The van der Waals surface area contributed by atoms with Gasteiger partial charge >= 0.3 is 0 Å². The number of para-hydroxylation sites is 1. The molecule has 30 heavy (non-hydrogen) atoms. The number of nitrogens with zero attached hydrogens (tertiary/aromatic N) is 1. The van der Waals surface area contributed by atoms with Crippen LogP contribution in [0.3, 0.4) is 0 Å². The van der Waals surface area contributed by atoms with Crippen molar-refractivity contribution in [3.8, 4) is 0 Å². The molecule has 0 aliphatic heterocycles. The molecule has 0 heterocycles. The Kier molecular flexibility index (Phi) is 7.46. The van der Waals surface area contributed by atoms with Crippen LogP contribution in [0.15, 0.2) is 71.7 Å². The quantitative estimate of drug-likeness (QED) is 0.390. The molecule has 1 N–H and O–H groups in total. The summed E-state index contributed by atoms with van der Waals surface area (Å²) < 4.78 is 0. The average Bonchev–Trinajstić information content (AvgIpc) is 2.76. The summed E-state index contributed by atoms with van der Waals surface area (Å²) in [6.45, 7) is 8.97. The molecule has 156 valence electrons. The topological polar surface area (TPSA) is 24.4 Å². The van der Waals surface area contributed by atoms with Gasteiger partial charge in [0.25, 0.3) is 0 Å². The smallest absolute Gasteiger partial charge is 0.0699 e. The van der Waals surface area contributed by atoms with E-state index in [0.29, 0.717) is 11.8 Å². The molecule has 0 atom stereocenters. The molecule has 3 aromatic rings. The van der Waals surface area contributed by atoms with Crippen LogP contribution < -0.4 is 5.32 Å². The SMILES string of the molecule is CNc1ccc(CCc2ccccc2)c(C=Nc2c(C(C)C)cccc2C(C)C)c1. The van der Waals surface area contributed by atoms with Crippen LogP contribution in [0.4, 0.5) is 11.4 Å². The summed E-state index contributed by atoms with van der Waals surface area (Å²) in [7, 11) is 1.96. The molecular weight excluding hydrogens is 364 g/mol. The molecule has 2 nitrogen and oxygen atoms in total. The van der Waals surface area contributed by atoms with Crippen LogP contribution >= 0.6 is 0 Å². The van der Waals surface area contributed by atoms with Gasteiger partial charge < -0.3 is 5.32 Å². The predicted molar refractivity (Wildman–Crippen MR) is 132 cm³/mol. The molecule has 3 rings (SSSR count). The molecule has 0 bridgehead atoms. The number of hydrogen-bond acceptors (Lipinski definition) is 2. The number of anilines is 1. The Morgan fingerprint density at radius 1 is 0.800 bits per heavy atom. The molecule has 0 saturated carbocycles. The third kappa shape index (κ3) is 5.38. The van der Waals surface area contributed by atoms with E-state index in [1.54, 1.807) is 0 Å². The Balaban J connectivity index is 1.96. The van der Waals surface area contributed by atoms with Crippen LogP contribution in [0.2, 0.25) is 0 Å². The van der Waals surface area contributed by atoms with E-state index in [0.717, 1.165) is 24.2 Å². The number of aryl methyl sites for hydroxylation is 2. The first-order chi connectivity index (χ1) is 14.5. The minimum absolute atomic E-state index is 0.442. The third-order valence-electron chi connectivity index (χ3n) is 5.64. The van der Waals surface area contributed by atoms with E-state index in [1.807, 2.05) is 7.05 Å². The summed E-state index contributed by atoms with van der Waals surface area (Å²) in [6, 6.07) is 23.9. The zero-order chi connectivity index (χ0) is 21.5. The highest BCUT2D eigenvalue weighted by molar-refractivity contribution is 5.86. The minimum Gasteiger partial charge on any atom is -0.388 e. The third-order valence-corrected chi connectivity index (χ3v) is 5.64. The number of rotatable bonds is 8. The molecular formula is C28H34N2. The average molecular weight is 399 g/mol. The Hall–Kier alpha value is -2.87. The van der Waals surface area contributed by atoms with Gasteiger partial charge in [-0.25, -0.2) is 0 Å². The minimum atomic E-state index is 0.442. The number of hydrogen-bond donors (Lipinski definition) is 1. The van der Waals surface area contributed by atoms with Crippen LogP contribution in [0.1, 0.15) is 67.3 Å². The first-order valence-electron chi connectivity index (χ1n) is 11.0. The molecule has 0 aliphatic rings. The van der Waals surface area contributed by atoms with E-state index in [-0.39, 0.29) is 0 Å². The highest BCUT2D eigenvalue weighted by Crippen LogP contribution is 2.34. The second-order valence-corrected chi connectivity index (χ2v) is 8.50. The highest BCUT2D eigenvalue weighted by Gasteiger charge is 2.13. The van der Waals surface area contributed by atoms with Gasteiger partial charge in [0.15, 0.2) is 0 Å². The largest absolute Gasteiger partial charge is 0.388 e. The maximum Gasteiger partial charge on any atom is 0.0699 e. The van der Waals surface area contributed by atoms with Crippen molar-refractivity contribution in [2.45, 2.75) is 52.4 Å². The van der Waals surface area contributed by atoms with Crippen molar-refractivity contribution in [1.82, 2.24) is 0 Å². The van der Waals surface area contributed by atoms with Crippen molar-refractivity contribution in [3.63, 3.8) is 0 Å². The van der Waals surface area contributed by atoms with Crippen molar-refractivity contribution in [2.24, 2.45) is 4.99 Å². The van der Waals surface area contributed by atoms with Gasteiger partial charge in [-0.1, -0.05) is 82.3 Å². The molecule has 3 aromatic carbocycles. The fourth-order valence-electron chi connectivity index (χ4n) is 3.82. The van der Waals surface area contributed by atoms with Crippen molar-refractivity contribution in [1.29, 1.82) is 0 Å². The summed E-state index contributed by atoms with van der Waals surface area (Å²) >= 11 is 0. The van der Waals surface area contributed by atoms with Gasteiger partial charge in [0.05, 0.1) is 5.69 Å². The normalized spacial score (nSPS) is 11.6. The van der Waals surface area contributed by atoms with Crippen LogP contribution in [0.25, 0.3) is 0 Å².